The number of benzene rings is 1. The molecule has 0 spiro atoms. The van der Waals surface area contributed by atoms with Gasteiger partial charge in [-0.1, -0.05) is 6.07 Å². The molecule has 1 N–H and O–H groups in total. The zero-order valence-corrected chi connectivity index (χ0v) is 12.9. The lowest BCUT2D eigenvalue weighted by Crippen LogP contribution is -2.14. The molecule has 0 aliphatic carbocycles. The van der Waals surface area contributed by atoms with Gasteiger partial charge >= 0.3 is 0 Å². The van der Waals surface area contributed by atoms with Crippen molar-refractivity contribution in [3.05, 3.63) is 52.3 Å². The van der Waals surface area contributed by atoms with Crippen LogP contribution in [0.2, 0.25) is 0 Å². The minimum absolute atomic E-state index is 0.0828. The van der Waals surface area contributed by atoms with Crippen molar-refractivity contribution in [3.63, 3.8) is 0 Å². The fraction of sp³-hybridized carbons (Fsp3) is 0.0769. The number of anilines is 1. The lowest BCUT2D eigenvalue weighted by atomic mass is 10.2. The minimum Gasteiger partial charge on any atom is -0.278 e. The maximum Gasteiger partial charge on any atom is 0.262 e. The minimum atomic E-state index is -3.75. The number of nitriles is 1. The van der Waals surface area contributed by atoms with Crippen molar-refractivity contribution >= 4 is 31.6 Å². The van der Waals surface area contributed by atoms with Gasteiger partial charge in [-0.25, -0.2) is 13.4 Å². The number of hydrogen-bond acceptors (Lipinski definition) is 4. The first-order valence-corrected chi connectivity index (χ1v) is 7.85. The number of pyridine rings is 1. The van der Waals surface area contributed by atoms with Crippen molar-refractivity contribution in [3.8, 4) is 6.07 Å². The van der Waals surface area contributed by atoms with Gasteiger partial charge in [0.05, 0.1) is 28.4 Å². The van der Waals surface area contributed by atoms with E-state index in [2.05, 4.69) is 25.6 Å². The van der Waals surface area contributed by atoms with Crippen LogP contribution in [-0.4, -0.2) is 13.4 Å². The largest absolute Gasteiger partial charge is 0.278 e. The molecule has 1 aromatic heterocycles. The van der Waals surface area contributed by atoms with Crippen LogP contribution in [-0.2, 0) is 10.0 Å². The normalized spacial score (nSPS) is 10.8. The van der Waals surface area contributed by atoms with Crippen LogP contribution in [0.15, 0.2) is 46.0 Å². The van der Waals surface area contributed by atoms with Crippen molar-refractivity contribution in [1.29, 1.82) is 5.26 Å². The SMILES string of the molecule is Cc1ccc(C#N)cc1S(=O)(=O)Nc1ccc(Br)nc1. The quantitative estimate of drug-likeness (QED) is 0.861. The van der Waals surface area contributed by atoms with E-state index in [4.69, 9.17) is 5.26 Å². The topological polar surface area (TPSA) is 82.8 Å². The fourth-order valence-electron chi connectivity index (χ4n) is 1.61. The second kappa shape index (κ2) is 5.61. The van der Waals surface area contributed by atoms with Gasteiger partial charge in [0.2, 0.25) is 0 Å². The number of nitrogens with zero attached hydrogens (tertiary/aromatic N) is 2. The summed E-state index contributed by atoms with van der Waals surface area (Å²) >= 11 is 3.18. The third kappa shape index (κ3) is 3.15. The molecule has 0 aliphatic rings. The molecule has 0 amide bonds. The third-order valence-electron chi connectivity index (χ3n) is 2.59. The Kier molecular flexibility index (Phi) is 4.06. The zero-order chi connectivity index (χ0) is 14.8. The van der Waals surface area contributed by atoms with Crippen LogP contribution in [0.25, 0.3) is 0 Å². The first kappa shape index (κ1) is 14.5. The molecule has 1 heterocycles. The average molecular weight is 352 g/mol. The van der Waals surface area contributed by atoms with Crippen molar-refractivity contribution in [2.45, 2.75) is 11.8 Å². The summed E-state index contributed by atoms with van der Waals surface area (Å²) in [4.78, 5) is 4.03. The summed E-state index contributed by atoms with van der Waals surface area (Å²) in [6.45, 7) is 1.68. The Morgan fingerprint density at radius 1 is 1.30 bits per heavy atom. The molecule has 2 aromatic rings. The number of halogens is 1. The lowest BCUT2D eigenvalue weighted by molar-refractivity contribution is 0.600. The Morgan fingerprint density at radius 3 is 2.65 bits per heavy atom. The summed E-state index contributed by atoms with van der Waals surface area (Å²) in [5, 5.41) is 8.86. The fourth-order valence-corrected chi connectivity index (χ4v) is 3.16. The molecule has 0 saturated carbocycles. The van der Waals surface area contributed by atoms with Crippen LogP contribution < -0.4 is 4.72 Å². The number of nitrogens with one attached hydrogen (secondary N) is 1. The summed E-state index contributed by atoms with van der Waals surface area (Å²) in [6, 6.07) is 9.69. The van der Waals surface area contributed by atoms with Gasteiger partial charge in [0.25, 0.3) is 10.0 Å². The van der Waals surface area contributed by atoms with Crippen LogP contribution in [0, 0.1) is 18.3 Å². The molecule has 0 aliphatic heterocycles. The van der Waals surface area contributed by atoms with E-state index in [1.165, 1.54) is 12.3 Å². The molecule has 0 radical (unpaired) electrons. The number of sulfonamides is 1. The molecule has 7 heteroatoms. The molecule has 5 nitrogen and oxygen atoms in total. The van der Waals surface area contributed by atoms with Crippen LogP contribution >= 0.6 is 15.9 Å². The molecule has 0 atom stereocenters. The average Bonchev–Trinajstić information content (AvgIpc) is 2.41. The maximum absolute atomic E-state index is 12.3. The van der Waals surface area contributed by atoms with E-state index in [-0.39, 0.29) is 4.90 Å². The van der Waals surface area contributed by atoms with Gasteiger partial charge in [-0.15, -0.1) is 0 Å². The molecule has 0 unspecified atom stereocenters. The molecule has 1 aromatic carbocycles. The van der Waals surface area contributed by atoms with Crippen LogP contribution in [0.1, 0.15) is 11.1 Å². The first-order valence-electron chi connectivity index (χ1n) is 5.57. The highest BCUT2D eigenvalue weighted by Gasteiger charge is 2.17. The van der Waals surface area contributed by atoms with Gasteiger partial charge in [0.15, 0.2) is 0 Å². The highest BCUT2D eigenvalue weighted by atomic mass is 79.9. The Morgan fingerprint density at radius 2 is 2.05 bits per heavy atom. The Balaban J connectivity index is 2.40. The smallest absolute Gasteiger partial charge is 0.262 e. The van der Waals surface area contributed by atoms with Gasteiger partial charge in [-0.2, -0.15) is 5.26 Å². The van der Waals surface area contributed by atoms with Crippen molar-refractivity contribution < 1.29 is 8.42 Å². The lowest BCUT2D eigenvalue weighted by Gasteiger charge is -2.10. The number of hydrogen-bond donors (Lipinski definition) is 1. The number of aryl methyl sites for hydroxylation is 1. The van der Waals surface area contributed by atoms with Gasteiger partial charge in [0.1, 0.15) is 4.60 Å². The van der Waals surface area contributed by atoms with E-state index in [1.54, 1.807) is 31.2 Å². The van der Waals surface area contributed by atoms with Crippen LogP contribution in [0.5, 0.6) is 0 Å². The van der Waals surface area contributed by atoms with Gasteiger partial charge < -0.3 is 0 Å². The summed E-state index contributed by atoms with van der Waals surface area (Å²) in [5.74, 6) is 0. The maximum atomic E-state index is 12.3. The van der Waals surface area contributed by atoms with E-state index in [9.17, 15) is 8.42 Å². The third-order valence-corrected chi connectivity index (χ3v) is 4.58. The molecular weight excluding hydrogens is 342 g/mol. The number of rotatable bonds is 3. The van der Waals surface area contributed by atoms with E-state index in [1.807, 2.05) is 6.07 Å². The highest BCUT2D eigenvalue weighted by molar-refractivity contribution is 9.10. The van der Waals surface area contributed by atoms with Crippen molar-refractivity contribution in [2.75, 3.05) is 4.72 Å². The molecule has 0 saturated heterocycles. The Bertz CT molecular complexity index is 780. The predicted molar refractivity (Wildman–Crippen MR) is 78.6 cm³/mol. The molecule has 0 fully saturated rings. The van der Waals surface area contributed by atoms with Crippen molar-refractivity contribution in [1.82, 2.24) is 4.98 Å². The van der Waals surface area contributed by atoms with Crippen molar-refractivity contribution in [2.24, 2.45) is 0 Å². The number of aromatic nitrogens is 1. The van der Waals surface area contributed by atoms with Gasteiger partial charge in [0, 0.05) is 0 Å². The molecular formula is C13H10BrN3O2S. The van der Waals surface area contributed by atoms with E-state index >= 15 is 0 Å². The monoisotopic (exact) mass is 351 g/mol. The standard InChI is InChI=1S/C13H10BrN3O2S/c1-9-2-3-10(7-15)6-12(9)20(18,19)17-11-4-5-13(14)16-8-11/h2-6,8,17H,1H3. The zero-order valence-electron chi connectivity index (χ0n) is 10.5. The molecule has 0 bridgehead atoms. The molecule has 102 valence electrons. The first-order chi connectivity index (χ1) is 9.42. The summed E-state index contributed by atoms with van der Waals surface area (Å²) in [5.41, 5.74) is 1.22. The Hall–Kier alpha value is -1.91. The summed E-state index contributed by atoms with van der Waals surface area (Å²) in [6.07, 6.45) is 1.41. The van der Waals surface area contributed by atoms with E-state index < -0.39 is 10.0 Å². The van der Waals surface area contributed by atoms with Gasteiger partial charge in [-0.05, 0) is 52.7 Å². The second-order valence-corrected chi connectivity index (χ2v) is 6.53. The summed E-state index contributed by atoms with van der Waals surface area (Å²) < 4.78 is 27.7. The highest BCUT2D eigenvalue weighted by Crippen LogP contribution is 2.20. The molecule has 2 rings (SSSR count). The van der Waals surface area contributed by atoms with E-state index in [0.717, 1.165) is 0 Å². The summed E-state index contributed by atoms with van der Waals surface area (Å²) in [7, 11) is -3.75. The van der Waals surface area contributed by atoms with Crippen LogP contribution in [0.3, 0.4) is 0 Å². The van der Waals surface area contributed by atoms with E-state index in [0.29, 0.717) is 21.4 Å². The van der Waals surface area contributed by atoms with Crippen LogP contribution in [0.4, 0.5) is 5.69 Å². The predicted octanol–water partition coefficient (Wildman–Crippen LogP) is 2.83. The van der Waals surface area contributed by atoms with Gasteiger partial charge in [-0.3, -0.25) is 4.72 Å². The Labute approximate surface area is 125 Å². The molecule has 20 heavy (non-hydrogen) atoms. The second-order valence-electron chi connectivity index (χ2n) is 4.07.